The van der Waals surface area contributed by atoms with Gasteiger partial charge in [-0.05, 0) is 67.6 Å². The summed E-state index contributed by atoms with van der Waals surface area (Å²) in [6.07, 6.45) is 3.11. The van der Waals surface area contributed by atoms with Gasteiger partial charge in [0.2, 0.25) is 0 Å². The lowest BCUT2D eigenvalue weighted by Crippen LogP contribution is -2.10. The summed E-state index contributed by atoms with van der Waals surface area (Å²) < 4.78 is 18.6. The number of esters is 1. The van der Waals surface area contributed by atoms with E-state index in [1.54, 1.807) is 48.5 Å². The molecule has 0 amide bonds. The first-order chi connectivity index (χ1) is 18.5. The molecule has 5 aromatic rings. The first-order valence-corrected chi connectivity index (χ1v) is 12.9. The molecule has 0 aliphatic carbocycles. The van der Waals surface area contributed by atoms with E-state index in [-0.39, 0.29) is 5.78 Å². The molecule has 5 rings (SSSR count). The summed E-state index contributed by atoms with van der Waals surface area (Å²) in [7, 11) is 0. The van der Waals surface area contributed by atoms with Gasteiger partial charge in [0.05, 0.1) is 6.61 Å². The van der Waals surface area contributed by atoms with Crippen LogP contribution >= 0.6 is 15.9 Å². The molecule has 0 aliphatic heterocycles. The van der Waals surface area contributed by atoms with Gasteiger partial charge in [-0.1, -0.05) is 64.5 Å². The highest BCUT2D eigenvalue weighted by atomic mass is 79.9. The van der Waals surface area contributed by atoms with Crippen LogP contribution in [0.2, 0.25) is 0 Å². The van der Waals surface area contributed by atoms with E-state index in [4.69, 9.17) is 13.9 Å². The third-order valence-electron chi connectivity index (χ3n) is 5.88. The summed E-state index contributed by atoms with van der Waals surface area (Å²) in [5, 5.41) is 0.596. The van der Waals surface area contributed by atoms with Crippen molar-refractivity contribution in [3.05, 3.63) is 124 Å². The van der Waals surface area contributed by atoms with Crippen LogP contribution in [0.3, 0.4) is 0 Å². The van der Waals surface area contributed by atoms with E-state index < -0.39 is 5.97 Å². The number of benzene rings is 4. The van der Waals surface area contributed by atoms with Crippen molar-refractivity contribution in [2.45, 2.75) is 6.92 Å². The lowest BCUT2D eigenvalue weighted by molar-refractivity contribution is 0.0736. The molecule has 0 spiro atoms. The second-order valence-electron chi connectivity index (χ2n) is 8.40. The number of halogens is 1. The Kier molecular flexibility index (Phi) is 7.52. The molecule has 0 fully saturated rings. The SMILES string of the molecule is CCOc1ccc2oc(-c3ccccc3)c(C(=O)Oc3ccccc3/C=C/C(=O)c3ccc(Br)cc3)c2c1. The van der Waals surface area contributed by atoms with Crippen LogP contribution in [-0.2, 0) is 0 Å². The molecule has 1 heterocycles. The van der Waals surface area contributed by atoms with Crippen molar-refractivity contribution < 1.29 is 23.5 Å². The van der Waals surface area contributed by atoms with E-state index in [1.807, 2.05) is 61.5 Å². The number of para-hydroxylation sites is 1. The Morgan fingerprint density at radius 2 is 1.63 bits per heavy atom. The topological polar surface area (TPSA) is 65.7 Å². The smallest absolute Gasteiger partial charge is 0.348 e. The number of allylic oxidation sites excluding steroid dienone is 1. The number of hydrogen-bond acceptors (Lipinski definition) is 5. The Hall–Kier alpha value is -4.42. The normalized spacial score (nSPS) is 11.1. The van der Waals surface area contributed by atoms with Gasteiger partial charge in [-0.3, -0.25) is 4.79 Å². The Bertz CT molecular complexity index is 1630. The van der Waals surface area contributed by atoms with Crippen molar-refractivity contribution >= 4 is 44.7 Å². The molecular formula is C32H23BrO5. The van der Waals surface area contributed by atoms with Crippen LogP contribution < -0.4 is 9.47 Å². The molecule has 0 atom stereocenters. The van der Waals surface area contributed by atoms with E-state index in [0.717, 1.165) is 10.0 Å². The van der Waals surface area contributed by atoms with E-state index >= 15 is 0 Å². The second kappa shape index (κ2) is 11.3. The van der Waals surface area contributed by atoms with Crippen LogP contribution in [0.15, 0.2) is 112 Å². The lowest BCUT2D eigenvalue weighted by Gasteiger charge is -2.09. The largest absolute Gasteiger partial charge is 0.494 e. The van der Waals surface area contributed by atoms with Crippen molar-refractivity contribution in [3.8, 4) is 22.8 Å². The minimum Gasteiger partial charge on any atom is -0.494 e. The van der Waals surface area contributed by atoms with Gasteiger partial charge in [0, 0.05) is 26.5 Å². The molecule has 0 radical (unpaired) electrons. The third kappa shape index (κ3) is 5.45. The van der Waals surface area contributed by atoms with E-state index in [1.165, 1.54) is 6.08 Å². The molecule has 5 nitrogen and oxygen atoms in total. The number of hydrogen-bond donors (Lipinski definition) is 0. The van der Waals surface area contributed by atoms with Gasteiger partial charge >= 0.3 is 5.97 Å². The number of rotatable bonds is 8. The van der Waals surface area contributed by atoms with Gasteiger partial charge in [0.15, 0.2) is 5.78 Å². The summed E-state index contributed by atoms with van der Waals surface area (Å²) in [6.45, 7) is 2.39. The van der Waals surface area contributed by atoms with Crippen LogP contribution in [0, 0.1) is 0 Å². The average molecular weight is 567 g/mol. The van der Waals surface area contributed by atoms with Crippen molar-refractivity contribution in [2.75, 3.05) is 6.61 Å². The quantitative estimate of drug-likeness (QED) is 0.0816. The lowest BCUT2D eigenvalue weighted by atomic mass is 10.1. The third-order valence-corrected chi connectivity index (χ3v) is 6.40. The Morgan fingerprint density at radius 1 is 0.895 bits per heavy atom. The fourth-order valence-corrected chi connectivity index (χ4v) is 4.33. The molecule has 0 aliphatic rings. The average Bonchev–Trinajstić information content (AvgIpc) is 3.32. The highest BCUT2D eigenvalue weighted by molar-refractivity contribution is 9.10. The summed E-state index contributed by atoms with van der Waals surface area (Å²) in [6, 6.07) is 29.0. The van der Waals surface area contributed by atoms with Gasteiger partial charge in [0.1, 0.15) is 28.4 Å². The molecule has 0 saturated carbocycles. The van der Waals surface area contributed by atoms with Gasteiger partial charge in [-0.2, -0.15) is 0 Å². The molecule has 4 aromatic carbocycles. The molecular weight excluding hydrogens is 544 g/mol. The van der Waals surface area contributed by atoms with E-state index in [9.17, 15) is 9.59 Å². The van der Waals surface area contributed by atoms with Gasteiger partial charge in [0.25, 0.3) is 0 Å². The van der Waals surface area contributed by atoms with E-state index in [2.05, 4.69) is 15.9 Å². The standard InChI is InChI=1S/C32H23BrO5/c1-2-36-25-17-19-29-26(20-25)30(31(37-29)23-9-4-3-5-10-23)32(35)38-28-11-7-6-8-22(28)14-18-27(34)21-12-15-24(33)16-13-21/h3-20H,2H2,1H3/b18-14+. The number of ether oxygens (including phenoxy) is 2. The molecule has 0 saturated heterocycles. The predicted molar refractivity (Wildman–Crippen MR) is 152 cm³/mol. The van der Waals surface area contributed by atoms with Crippen LogP contribution in [0.5, 0.6) is 11.5 Å². The van der Waals surface area contributed by atoms with Crippen LogP contribution in [0.1, 0.15) is 33.2 Å². The highest BCUT2D eigenvalue weighted by Crippen LogP contribution is 2.36. The maximum absolute atomic E-state index is 13.7. The highest BCUT2D eigenvalue weighted by Gasteiger charge is 2.25. The Balaban J connectivity index is 1.50. The Labute approximate surface area is 228 Å². The summed E-state index contributed by atoms with van der Waals surface area (Å²) >= 11 is 3.37. The molecule has 1 aromatic heterocycles. The summed E-state index contributed by atoms with van der Waals surface area (Å²) in [5.74, 6) is 0.638. The van der Waals surface area contributed by atoms with Crippen LogP contribution in [0.4, 0.5) is 0 Å². The van der Waals surface area contributed by atoms with E-state index in [0.29, 0.717) is 51.5 Å². The maximum atomic E-state index is 13.7. The number of carbonyl (C=O) groups excluding carboxylic acids is 2. The zero-order chi connectivity index (χ0) is 26.5. The number of fused-ring (bicyclic) bond motifs is 1. The number of furan rings is 1. The zero-order valence-corrected chi connectivity index (χ0v) is 22.1. The fraction of sp³-hybridized carbons (Fsp3) is 0.0625. The zero-order valence-electron chi connectivity index (χ0n) is 20.5. The summed E-state index contributed by atoms with van der Waals surface area (Å²) in [5.41, 5.74) is 2.75. The minimum atomic E-state index is -0.573. The molecule has 188 valence electrons. The predicted octanol–water partition coefficient (Wildman–Crippen LogP) is 8.38. The molecule has 0 bridgehead atoms. The number of ketones is 1. The monoisotopic (exact) mass is 566 g/mol. The first kappa shape index (κ1) is 25.2. The van der Waals surface area contributed by atoms with Gasteiger partial charge in [-0.15, -0.1) is 0 Å². The van der Waals surface area contributed by atoms with Crippen molar-refractivity contribution in [1.29, 1.82) is 0 Å². The minimum absolute atomic E-state index is 0.158. The van der Waals surface area contributed by atoms with Crippen molar-refractivity contribution in [1.82, 2.24) is 0 Å². The van der Waals surface area contributed by atoms with Crippen LogP contribution in [-0.4, -0.2) is 18.4 Å². The molecule has 38 heavy (non-hydrogen) atoms. The van der Waals surface area contributed by atoms with Crippen LogP contribution in [0.25, 0.3) is 28.4 Å². The molecule has 0 N–H and O–H groups in total. The van der Waals surface area contributed by atoms with Crippen molar-refractivity contribution in [2.24, 2.45) is 0 Å². The van der Waals surface area contributed by atoms with Gasteiger partial charge < -0.3 is 13.9 Å². The number of carbonyl (C=O) groups is 2. The summed E-state index contributed by atoms with van der Waals surface area (Å²) in [4.78, 5) is 26.3. The second-order valence-corrected chi connectivity index (χ2v) is 9.31. The first-order valence-electron chi connectivity index (χ1n) is 12.1. The van der Waals surface area contributed by atoms with Crippen molar-refractivity contribution in [3.63, 3.8) is 0 Å². The fourth-order valence-electron chi connectivity index (χ4n) is 4.07. The Morgan fingerprint density at radius 3 is 2.39 bits per heavy atom. The maximum Gasteiger partial charge on any atom is 0.348 e. The molecule has 6 heteroatoms. The molecule has 0 unspecified atom stereocenters. The van der Waals surface area contributed by atoms with Gasteiger partial charge in [-0.25, -0.2) is 4.79 Å².